The molecular weight excluding hydrogens is 294 g/mol. The van der Waals surface area contributed by atoms with Crippen LogP contribution in [-0.4, -0.2) is 16.5 Å². The van der Waals surface area contributed by atoms with Gasteiger partial charge in [0.15, 0.2) is 0 Å². The van der Waals surface area contributed by atoms with Gasteiger partial charge in [0.05, 0.1) is 5.52 Å². The number of fused-ring (bicyclic) bond motifs is 1. The summed E-state index contributed by atoms with van der Waals surface area (Å²) in [4.78, 5) is 9.11. The van der Waals surface area contributed by atoms with Crippen LogP contribution >= 0.6 is 0 Å². The van der Waals surface area contributed by atoms with Crippen molar-refractivity contribution in [1.29, 1.82) is 0 Å². The van der Waals surface area contributed by atoms with Gasteiger partial charge in [-0.3, -0.25) is 0 Å². The van der Waals surface area contributed by atoms with E-state index in [-0.39, 0.29) is 0 Å². The van der Waals surface area contributed by atoms with Gasteiger partial charge in [-0.2, -0.15) is 0 Å². The lowest BCUT2D eigenvalue weighted by molar-refractivity contribution is 0.929. The van der Waals surface area contributed by atoms with E-state index in [0.717, 1.165) is 41.9 Å². The van der Waals surface area contributed by atoms with Crippen LogP contribution in [0.1, 0.15) is 51.9 Å². The molecule has 0 bridgehead atoms. The van der Waals surface area contributed by atoms with E-state index in [2.05, 4.69) is 58.6 Å². The third-order valence-electron chi connectivity index (χ3n) is 3.62. The lowest BCUT2D eigenvalue weighted by Crippen LogP contribution is -2.09. The molecule has 0 radical (unpaired) electrons. The molecule has 24 heavy (non-hydrogen) atoms. The zero-order valence-electron chi connectivity index (χ0n) is 16.0. The van der Waals surface area contributed by atoms with Crippen LogP contribution in [0.3, 0.4) is 0 Å². The first kappa shape index (κ1) is 19.9. The second kappa shape index (κ2) is 10.6. The first-order valence-corrected chi connectivity index (χ1v) is 9.06. The highest BCUT2D eigenvalue weighted by atomic mass is 15.0. The van der Waals surface area contributed by atoms with Crippen molar-refractivity contribution < 1.29 is 0 Å². The molecular formula is C21H31N3. The number of aryl methyl sites for hydroxylation is 2. The van der Waals surface area contributed by atoms with Crippen molar-refractivity contribution in [1.82, 2.24) is 9.97 Å². The Morgan fingerprint density at radius 2 is 1.79 bits per heavy atom. The summed E-state index contributed by atoms with van der Waals surface area (Å²) in [5, 5.41) is 4.57. The van der Waals surface area contributed by atoms with Crippen LogP contribution in [-0.2, 0) is 0 Å². The van der Waals surface area contributed by atoms with E-state index in [1.807, 2.05) is 34.6 Å². The summed E-state index contributed by atoms with van der Waals surface area (Å²) in [6.45, 7) is 12.9. The van der Waals surface area contributed by atoms with Crippen LogP contribution in [0.5, 0.6) is 0 Å². The fourth-order valence-electron chi connectivity index (χ4n) is 2.54. The van der Waals surface area contributed by atoms with Gasteiger partial charge < -0.3 is 5.32 Å². The molecule has 0 fully saturated rings. The number of para-hydroxylation sites is 1. The monoisotopic (exact) mass is 325 g/mol. The first-order chi connectivity index (χ1) is 11.7. The average molecular weight is 326 g/mol. The molecule has 130 valence electrons. The summed E-state index contributed by atoms with van der Waals surface area (Å²) in [6.07, 6.45) is 8.80. The van der Waals surface area contributed by atoms with E-state index in [4.69, 9.17) is 0 Å². The van der Waals surface area contributed by atoms with Crippen molar-refractivity contribution in [3.8, 4) is 0 Å². The van der Waals surface area contributed by atoms with Crippen molar-refractivity contribution >= 4 is 16.7 Å². The van der Waals surface area contributed by atoms with Gasteiger partial charge >= 0.3 is 0 Å². The summed E-state index contributed by atoms with van der Waals surface area (Å²) >= 11 is 0. The van der Waals surface area contributed by atoms with E-state index in [1.165, 1.54) is 11.1 Å². The predicted octanol–water partition coefficient (Wildman–Crippen LogP) is 5.99. The zero-order chi connectivity index (χ0) is 17.9. The van der Waals surface area contributed by atoms with Gasteiger partial charge in [0.1, 0.15) is 11.6 Å². The molecule has 0 aliphatic heterocycles. The normalized spacial score (nSPS) is 12.5. The van der Waals surface area contributed by atoms with E-state index in [0.29, 0.717) is 0 Å². The Labute approximate surface area is 146 Å². The smallest absolute Gasteiger partial charge is 0.137 e. The molecule has 0 saturated heterocycles. The molecule has 1 aliphatic carbocycles. The number of aromatic nitrogens is 2. The Bertz CT molecular complexity index is 700. The molecule has 0 unspecified atom stereocenters. The third kappa shape index (κ3) is 5.19. The van der Waals surface area contributed by atoms with Crippen molar-refractivity contribution in [3.05, 3.63) is 53.4 Å². The van der Waals surface area contributed by atoms with Gasteiger partial charge in [0.25, 0.3) is 0 Å². The Balaban J connectivity index is 0.000000671. The molecule has 3 nitrogen and oxygen atoms in total. The van der Waals surface area contributed by atoms with Gasteiger partial charge in [-0.15, -0.1) is 0 Å². The number of hydrogen-bond donors (Lipinski definition) is 1. The van der Waals surface area contributed by atoms with Crippen LogP contribution in [0, 0.1) is 13.8 Å². The van der Waals surface area contributed by atoms with E-state index < -0.39 is 0 Å². The van der Waals surface area contributed by atoms with E-state index in [9.17, 15) is 0 Å². The van der Waals surface area contributed by atoms with Gasteiger partial charge in [-0.1, -0.05) is 63.6 Å². The van der Waals surface area contributed by atoms with Crippen molar-refractivity contribution in [3.63, 3.8) is 0 Å². The summed E-state index contributed by atoms with van der Waals surface area (Å²) in [7, 11) is 0. The average Bonchev–Trinajstić information content (AvgIpc) is 2.65. The summed E-state index contributed by atoms with van der Waals surface area (Å²) < 4.78 is 0. The minimum atomic E-state index is 0.812. The molecule has 2 aromatic rings. The maximum Gasteiger partial charge on any atom is 0.137 e. The Hall–Kier alpha value is -2.16. The molecule has 1 aliphatic rings. The van der Waals surface area contributed by atoms with Gasteiger partial charge in [0.2, 0.25) is 0 Å². The summed E-state index contributed by atoms with van der Waals surface area (Å²) in [5.74, 6) is 1.75. The van der Waals surface area contributed by atoms with Crippen molar-refractivity contribution in [2.24, 2.45) is 0 Å². The highest BCUT2D eigenvalue weighted by Gasteiger charge is 2.08. The van der Waals surface area contributed by atoms with Gasteiger partial charge in [-0.05, 0) is 38.3 Å². The fourth-order valence-corrected chi connectivity index (χ4v) is 2.54. The quantitative estimate of drug-likeness (QED) is 0.753. The number of nitrogens with zero attached hydrogens (tertiary/aromatic N) is 2. The predicted molar refractivity (Wildman–Crippen MR) is 107 cm³/mol. The Morgan fingerprint density at radius 3 is 2.46 bits per heavy atom. The highest BCUT2D eigenvalue weighted by Crippen LogP contribution is 2.23. The highest BCUT2D eigenvalue weighted by molar-refractivity contribution is 5.91. The molecule has 1 heterocycles. The van der Waals surface area contributed by atoms with Crippen LogP contribution in [0.4, 0.5) is 5.82 Å². The fraction of sp³-hybridized carbons (Fsp3) is 0.429. The van der Waals surface area contributed by atoms with Gasteiger partial charge in [0, 0.05) is 11.9 Å². The molecule has 3 rings (SSSR count). The first-order valence-electron chi connectivity index (χ1n) is 9.06. The van der Waals surface area contributed by atoms with Gasteiger partial charge in [-0.25, -0.2) is 9.97 Å². The lowest BCUT2D eigenvalue weighted by Gasteiger charge is -2.13. The number of allylic oxidation sites excluding steroid dienone is 3. The van der Waals surface area contributed by atoms with Crippen LogP contribution in [0.25, 0.3) is 10.9 Å². The minimum absolute atomic E-state index is 0.812. The van der Waals surface area contributed by atoms with Crippen LogP contribution in [0.2, 0.25) is 0 Å². The molecule has 1 aromatic carbocycles. The number of anilines is 1. The molecule has 3 heteroatoms. The minimum Gasteiger partial charge on any atom is -0.366 e. The Morgan fingerprint density at radius 1 is 1.04 bits per heavy atom. The summed E-state index contributed by atoms with van der Waals surface area (Å²) in [5.41, 5.74) is 3.65. The maximum atomic E-state index is 4.56. The number of hydrogen-bond acceptors (Lipinski definition) is 3. The molecule has 0 amide bonds. The number of rotatable bonds is 3. The second-order valence-electron chi connectivity index (χ2n) is 5.24. The van der Waals surface area contributed by atoms with Crippen LogP contribution in [0.15, 0.2) is 42.0 Å². The lowest BCUT2D eigenvalue weighted by atomic mass is 10.1. The zero-order valence-corrected chi connectivity index (χ0v) is 16.0. The SMILES string of the molecule is CC.CC.Cc1nc(NCC2=CC=CCC2)c2cccc(C)c2n1. The molecule has 0 saturated carbocycles. The molecule has 0 atom stereocenters. The number of benzene rings is 1. The van der Waals surface area contributed by atoms with E-state index in [1.54, 1.807) is 0 Å². The van der Waals surface area contributed by atoms with Crippen molar-refractivity contribution in [2.75, 3.05) is 11.9 Å². The number of nitrogens with one attached hydrogen (secondary N) is 1. The molecule has 1 aromatic heterocycles. The Kier molecular flexibility index (Phi) is 8.77. The van der Waals surface area contributed by atoms with Crippen molar-refractivity contribution in [2.45, 2.75) is 54.4 Å². The van der Waals surface area contributed by atoms with E-state index >= 15 is 0 Å². The van der Waals surface area contributed by atoms with Crippen LogP contribution < -0.4 is 5.32 Å². The summed E-state index contributed by atoms with van der Waals surface area (Å²) in [6, 6.07) is 6.23. The molecule has 0 spiro atoms. The third-order valence-corrected chi connectivity index (χ3v) is 3.62. The largest absolute Gasteiger partial charge is 0.366 e. The topological polar surface area (TPSA) is 37.8 Å². The molecule has 1 N–H and O–H groups in total. The standard InChI is InChI=1S/C17H19N3.2C2H6/c1-12-7-6-10-15-16(12)19-13(2)20-17(15)18-11-14-8-4-3-5-9-14;2*1-2/h3-4,6-8,10H,5,9,11H2,1-2H3,(H,18,19,20);2*1-2H3. The maximum absolute atomic E-state index is 4.56. The second-order valence-corrected chi connectivity index (χ2v) is 5.24.